The highest BCUT2D eigenvalue weighted by molar-refractivity contribution is 5.50. The minimum atomic E-state index is -2.65. The molecule has 88 valence electrons. The van der Waals surface area contributed by atoms with E-state index in [0.29, 0.717) is 12.1 Å². The van der Waals surface area contributed by atoms with Gasteiger partial charge in [0, 0.05) is 17.5 Å². The van der Waals surface area contributed by atoms with Crippen molar-refractivity contribution in [1.82, 2.24) is 0 Å². The van der Waals surface area contributed by atoms with Gasteiger partial charge in [-0.2, -0.15) is 0 Å². The van der Waals surface area contributed by atoms with Crippen molar-refractivity contribution >= 4 is 0 Å². The van der Waals surface area contributed by atoms with Crippen molar-refractivity contribution in [3.05, 3.63) is 28.8 Å². The van der Waals surface area contributed by atoms with Gasteiger partial charge < -0.3 is 10.8 Å². The maximum absolute atomic E-state index is 12.7. The van der Waals surface area contributed by atoms with Gasteiger partial charge in [0.05, 0.1) is 5.56 Å². The Balaban J connectivity index is 2.54. The Morgan fingerprint density at radius 3 is 2.50 bits per heavy atom. The highest BCUT2D eigenvalue weighted by Crippen LogP contribution is 2.52. The predicted octanol–water partition coefficient (Wildman–Crippen LogP) is 2.63. The van der Waals surface area contributed by atoms with Crippen LogP contribution >= 0.6 is 0 Å². The Bertz CT molecular complexity index is 414. The SMILES string of the molecule is Cc1cc(C(F)F)c(O)c(C2(CN)CC2)c1. The molecule has 0 amide bonds. The van der Waals surface area contributed by atoms with Crippen LogP contribution in [0.4, 0.5) is 8.78 Å². The number of nitrogens with two attached hydrogens (primary N) is 1. The zero-order chi connectivity index (χ0) is 11.9. The molecular weight excluding hydrogens is 212 g/mol. The first-order valence-electron chi connectivity index (χ1n) is 5.32. The molecule has 0 saturated heterocycles. The van der Waals surface area contributed by atoms with Gasteiger partial charge in [-0.25, -0.2) is 8.78 Å². The summed E-state index contributed by atoms with van der Waals surface area (Å²) in [5.74, 6) is -0.274. The van der Waals surface area contributed by atoms with Crippen molar-refractivity contribution in [2.24, 2.45) is 5.73 Å². The van der Waals surface area contributed by atoms with Gasteiger partial charge in [0.25, 0.3) is 6.43 Å². The molecule has 1 fully saturated rings. The molecule has 0 aliphatic heterocycles. The molecule has 1 aromatic carbocycles. The second-order valence-electron chi connectivity index (χ2n) is 4.54. The van der Waals surface area contributed by atoms with E-state index < -0.39 is 6.43 Å². The van der Waals surface area contributed by atoms with E-state index in [0.717, 1.165) is 18.4 Å². The van der Waals surface area contributed by atoms with Crippen LogP contribution in [0.5, 0.6) is 5.75 Å². The number of hydrogen-bond donors (Lipinski definition) is 2. The van der Waals surface area contributed by atoms with Crippen LogP contribution in [0.2, 0.25) is 0 Å². The number of aryl methyl sites for hydroxylation is 1. The molecule has 0 radical (unpaired) electrons. The number of aromatic hydroxyl groups is 1. The molecule has 3 N–H and O–H groups in total. The fourth-order valence-corrected chi connectivity index (χ4v) is 2.11. The number of phenols is 1. The molecule has 0 unspecified atom stereocenters. The van der Waals surface area contributed by atoms with Crippen LogP contribution in [0, 0.1) is 6.92 Å². The zero-order valence-electron chi connectivity index (χ0n) is 9.13. The number of benzene rings is 1. The van der Waals surface area contributed by atoms with Crippen LogP contribution in [0.1, 0.15) is 36.0 Å². The summed E-state index contributed by atoms with van der Waals surface area (Å²) >= 11 is 0. The van der Waals surface area contributed by atoms with Crippen LogP contribution in [0.3, 0.4) is 0 Å². The molecule has 0 bridgehead atoms. The first-order valence-corrected chi connectivity index (χ1v) is 5.32. The van der Waals surface area contributed by atoms with Gasteiger partial charge in [-0.05, 0) is 25.8 Å². The molecule has 0 atom stereocenters. The van der Waals surface area contributed by atoms with E-state index in [2.05, 4.69) is 0 Å². The van der Waals surface area contributed by atoms with Gasteiger partial charge >= 0.3 is 0 Å². The lowest BCUT2D eigenvalue weighted by atomic mass is 9.91. The fraction of sp³-hybridized carbons (Fsp3) is 0.500. The van der Waals surface area contributed by atoms with Crippen molar-refractivity contribution in [2.45, 2.75) is 31.6 Å². The highest BCUT2D eigenvalue weighted by Gasteiger charge is 2.45. The Hall–Kier alpha value is -1.16. The van der Waals surface area contributed by atoms with Crippen molar-refractivity contribution < 1.29 is 13.9 Å². The summed E-state index contributed by atoms with van der Waals surface area (Å²) in [6, 6.07) is 3.09. The standard InChI is InChI=1S/C12H15F2NO/c1-7-4-8(11(13)14)10(16)9(5-7)12(6-15)2-3-12/h4-5,11,16H,2-3,6,15H2,1H3. The van der Waals surface area contributed by atoms with E-state index in [-0.39, 0.29) is 16.7 Å². The summed E-state index contributed by atoms with van der Waals surface area (Å²) in [5.41, 5.74) is 6.43. The van der Waals surface area contributed by atoms with Gasteiger partial charge in [-0.15, -0.1) is 0 Å². The number of hydrogen-bond acceptors (Lipinski definition) is 2. The minimum absolute atomic E-state index is 0.264. The van der Waals surface area contributed by atoms with Crippen LogP contribution in [0.15, 0.2) is 12.1 Å². The maximum atomic E-state index is 12.7. The molecular formula is C12H15F2NO. The van der Waals surface area contributed by atoms with Gasteiger partial charge in [0.15, 0.2) is 0 Å². The average molecular weight is 227 g/mol. The summed E-state index contributed by atoms with van der Waals surface area (Å²) in [5, 5.41) is 9.85. The molecule has 1 aromatic rings. The lowest BCUT2D eigenvalue weighted by Gasteiger charge is -2.18. The summed E-state index contributed by atoms with van der Waals surface area (Å²) in [6.07, 6.45) is -0.918. The molecule has 2 nitrogen and oxygen atoms in total. The monoisotopic (exact) mass is 227 g/mol. The fourth-order valence-electron chi connectivity index (χ4n) is 2.11. The smallest absolute Gasteiger partial charge is 0.267 e. The van der Waals surface area contributed by atoms with E-state index in [4.69, 9.17) is 5.73 Å². The quantitative estimate of drug-likeness (QED) is 0.833. The Kier molecular flexibility index (Phi) is 2.62. The summed E-state index contributed by atoms with van der Waals surface area (Å²) in [4.78, 5) is 0. The average Bonchev–Trinajstić information content (AvgIpc) is 3.01. The number of halogens is 2. The Morgan fingerprint density at radius 1 is 1.44 bits per heavy atom. The Morgan fingerprint density at radius 2 is 2.06 bits per heavy atom. The van der Waals surface area contributed by atoms with Gasteiger partial charge in [0.2, 0.25) is 0 Å². The van der Waals surface area contributed by atoms with Crippen LogP contribution in [-0.4, -0.2) is 11.7 Å². The number of phenolic OH excluding ortho intramolecular Hbond substituents is 1. The molecule has 1 saturated carbocycles. The second-order valence-corrected chi connectivity index (χ2v) is 4.54. The highest BCUT2D eigenvalue weighted by atomic mass is 19.3. The van der Waals surface area contributed by atoms with Crippen molar-refractivity contribution in [3.8, 4) is 5.75 Å². The summed E-state index contributed by atoms with van der Waals surface area (Å²) in [7, 11) is 0. The number of rotatable bonds is 3. The van der Waals surface area contributed by atoms with Crippen molar-refractivity contribution in [1.29, 1.82) is 0 Å². The molecule has 0 spiro atoms. The first kappa shape index (κ1) is 11.3. The van der Waals surface area contributed by atoms with E-state index in [1.165, 1.54) is 6.07 Å². The Labute approximate surface area is 93.1 Å². The third-order valence-corrected chi connectivity index (χ3v) is 3.33. The lowest BCUT2D eigenvalue weighted by Crippen LogP contribution is -2.20. The van der Waals surface area contributed by atoms with Crippen LogP contribution in [-0.2, 0) is 5.41 Å². The van der Waals surface area contributed by atoms with Gasteiger partial charge in [0.1, 0.15) is 5.75 Å². The largest absolute Gasteiger partial charge is 0.507 e. The van der Waals surface area contributed by atoms with E-state index in [1.54, 1.807) is 13.0 Å². The molecule has 0 heterocycles. The third-order valence-electron chi connectivity index (χ3n) is 3.33. The molecule has 1 aliphatic carbocycles. The summed E-state index contributed by atoms with van der Waals surface area (Å²) in [6.45, 7) is 2.15. The third kappa shape index (κ3) is 1.67. The van der Waals surface area contributed by atoms with Gasteiger partial charge in [-0.3, -0.25) is 0 Å². The van der Waals surface area contributed by atoms with E-state index >= 15 is 0 Å². The molecule has 1 aliphatic rings. The number of alkyl halides is 2. The summed E-state index contributed by atoms with van der Waals surface area (Å²) < 4.78 is 25.4. The van der Waals surface area contributed by atoms with E-state index in [9.17, 15) is 13.9 Å². The maximum Gasteiger partial charge on any atom is 0.267 e. The van der Waals surface area contributed by atoms with Crippen LogP contribution in [0.25, 0.3) is 0 Å². The van der Waals surface area contributed by atoms with Gasteiger partial charge in [-0.1, -0.05) is 11.6 Å². The van der Waals surface area contributed by atoms with Crippen molar-refractivity contribution in [2.75, 3.05) is 6.54 Å². The topological polar surface area (TPSA) is 46.2 Å². The minimum Gasteiger partial charge on any atom is -0.507 e. The lowest BCUT2D eigenvalue weighted by molar-refractivity contribution is 0.147. The molecule has 0 aromatic heterocycles. The van der Waals surface area contributed by atoms with Crippen molar-refractivity contribution in [3.63, 3.8) is 0 Å². The predicted molar refractivity (Wildman–Crippen MR) is 57.8 cm³/mol. The van der Waals surface area contributed by atoms with E-state index in [1.807, 2.05) is 0 Å². The first-order chi connectivity index (χ1) is 7.50. The second kappa shape index (κ2) is 3.70. The molecule has 2 rings (SSSR count). The normalized spacial score (nSPS) is 17.8. The zero-order valence-corrected chi connectivity index (χ0v) is 9.13. The molecule has 4 heteroatoms. The van der Waals surface area contributed by atoms with Crippen LogP contribution < -0.4 is 5.73 Å². The molecule has 16 heavy (non-hydrogen) atoms.